The van der Waals surface area contributed by atoms with Gasteiger partial charge in [0, 0.05) is 22.4 Å². The van der Waals surface area contributed by atoms with E-state index in [1.54, 1.807) is 0 Å². The molecule has 0 bridgehead atoms. The molecule has 0 aliphatic carbocycles. The molecule has 5 nitrogen and oxygen atoms in total. The van der Waals surface area contributed by atoms with Gasteiger partial charge in [0.1, 0.15) is 0 Å². The molecule has 5 rings (SSSR count). The van der Waals surface area contributed by atoms with E-state index in [1.807, 2.05) is 6.42 Å². The molecule has 1 radical (unpaired) electrons. The lowest BCUT2D eigenvalue weighted by atomic mass is 9.97. The number of hydrogen-bond acceptors (Lipinski definition) is 3. The smallest absolute Gasteiger partial charge is 0.157 e. The molecule has 5 aromatic rings. The number of benzene rings is 3. The summed E-state index contributed by atoms with van der Waals surface area (Å²) >= 11 is 3.79. The van der Waals surface area contributed by atoms with Crippen molar-refractivity contribution < 1.29 is 0 Å². The number of tetrazole rings is 1. The van der Waals surface area contributed by atoms with Crippen LogP contribution < -0.4 is 0 Å². The van der Waals surface area contributed by atoms with E-state index in [1.165, 1.54) is 57.8 Å². The molecule has 0 spiro atoms. The van der Waals surface area contributed by atoms with E-state index in [0.29, 0.717) is 5.82 Å². The maximum atomic E-state index is 3.96. The lowest BCUT2D eigenvalue weighted by molar-refractivity contribution is 0.719. The van der Waals surface area contributed by atoms with Crippen LogP contribution in [-0.2, 0) is 13.5 Å². The van der Waals surface area contributed by atoms with Crippen LogP contribution in [0.3, 0.4) is 0 Å². The standard InChI is InChI=1S/C26H25BrN5/c1-3-4-5-9-22-21-8-6-7-10-23(21)32(2)26(22)19-13-14-20-17(15-19)11-12-18(25(20)27)16-24-28-30-31-29-24/h6-8,10-16H,3-5,9H2,1-2H3,(H,28,29,30,31). The first-order chi connectivity index (χ1) is 15.7. The highest BCUT2D eigenvalue weighted by Gasteiger charge is 2.17. The molecule has 32 heavy (non-hydrogen) atoms. The number of hydrogen-bond donors (Lipinski definition) is 1. The Morgan fingerprint density at radius 2 is 1.91 bits per heavy atom. The monoisotopic (exact) mass is 486 g/mol. The number of fused-ring (bicyclic) bond motifs is 2. The number of rotatable bonds is 7. The quantitative estimate of drug-likeness (QED) is 0.263. The number of aromatic nitrogens is 5. The van der Waals surface area contributed by atoms with Crippen molar-refractivity contribution in [1.29, 1.82) is 0 Å². The van der Waals surface area contributed by atoms with Gasteiger partial charge in [-0.25, -0.2) is 5.10 Å². The Balaban J connectivity index is 1.60. The maximum absolute atomic E-state index is 3.96. The first-order valence-electron chi connectivity index (χ1n) is 11.0. The number of halogens is 1. The van der Waals surface area contributed by atoms with Crippen molar-refractivity contribution in [1.82, 2.24) is 25.2 Å². The van der Waals surface area contributed by atoms with E-state index in [2.05, 4.69) is 110 Å². The third-order valence-corrected chi connectivity index (χ3v) is 7.04. The Bertz CT molecular complexity index is 1380. The largest absolute Gasteiger partial charge is 0.343 e. The summed E-state index contributed by atoms with van der Waals surface area (Å²) in [6.07, 6.45) is 6.74. The van der Waals surface area contributed by atoms with E-state index in [0.717, 1.165) is 16.5 Å². The van der Waals surface area contributed by atoms with Gasteiger partial charge in [0.25, 0.3) is 0 Å². The van der Waals surface area contributed by atoms with Crippen molar-refractivity contribution in [3.8, 4) is 11.3 Å². The second kappa shape index (κ2) is 8.87. The highest BCUT2D eigenvalue weighted by molar-refractivity contribution is 9.10. The van der Waals surface area contributed by atoms with Crippen molar-refractivity contribution >= 4 is 37.6 Å². The predicted octanol–water partition coefficient (Wildman–Crippen LogP) is 6.61. The van der Waals surface area contributed by atoms with Gasteiger partial charge in [0.15, 0.2) is 5.82 Å². The van der Waals surface area contributed by atoms with Crippen LogP contribution in [0.4, 0.5) is 0 Å². The summed E-state index contributed by atoms with van der Waals surface area (Å²) in [4.78, 5) is 0. The minimum absolute atomic E-state index is 0.633. The van der Waals surface area contributed by atoms with E-state index in [9.17, 15) is 0 Å². The fourth-order valence-corrected chi connectivity index (χ4v) is 5.19. The number of unbranched alkanes of at least 4 members (excludes halogenated alkanes) is 2. The van der Waals surface area contributed by atoms with Gasteiger partial charge in [-0.15, -0.1) is 5.10 Å². The second-order valence-corrected chi connectivity index (χ2v) is 8.99. The maximum Gasteiger partial charge on any atom is 0.157 e. The molecule has 0 aliphatic heterocycles. The van der Waals surface area contributed by atoms with Crippen LogP contribution >= 0.6 is 15.9 Å². The number of aryl methyl sites for hydroxylation is 2. The zero-order chi connectivity index (χ0) is 22.1. The summed E-state index contributed by atoms with van der Waals surface area (Å²) in [5, 5.41) is 17.8. The fourth-order valence-electron chi connectivity index (χ4n) is 4.59. The van der Waals surface area contributed by atoms with Crippen molar-refractivity contribution in [2.75, 3.05) is 0 Å². The summed E-state index contributed by atoms with van der Waals surface area (Å²) in [6.45, 7) is 2.26. The Morgan fingerprint density at radius 1 is 1.03 bits per heavy atom. The van der Waals surface area contributed by atoms with Gasteiger partial charge in [0.2, 0.25) is 0 Å². The second-order valence-electron chi connectivity index (χ2n) is 8.20. The SMILES string of the molecule is CCCCCc1c(-c2ccc3c(Br)c([CH]c4nnn[nH]4)ccc3c2)n(C)c2ccccc12. The first kappa shape index (κ1) is 20.9. The molecular weight excluding hydrogens is 462 g/mol. The molecule has 0 saturated carbocycles. The molecule has 0 unspecified atom stereocenters. The van der Waals surface area contributed by atoms with E-state index in [-0.39, 0.29) is 0 Å². The molecule has 161 valence electrons. The Morgan fingerprint density at radius 3 is 2.72 bits per heavy atom. The van der Waals surface area contributed by atoms with Gasteiger partial charge in [-0.1, -0.05) is 62.2 Å². The molecule has 0 amide bonds. The van der Waals surface area contributed by atoms with Crippen molar-refractivity contribution in [3.63, 3.8) is 0 Å². The van der Waals surface area contributed by atoms with Crippen LogP contribution in [0.2, 0.25) is 0 Å². The molecule has 2 heterocycles. The number of H-pyrrole nitrogens is 1. The number of aromatic amines is 1. The molecule has 0 atom stereocenters. The third-order valence-electron chi connectivity index (χ3n) is 6.15. The fraction of sp³-hybridized carbons (Fsp3) is 0.231. The van der Waals surface area contributed by atoms with Crippen LogP contribution in [0.25, 0.3) is 32.9 Å². The molecule has 3 aromatic carbocycles. The average molecular weight is 487 g/mol. The molecule has 6 heteroatoms. The molecule has 0 aliphatic rings. The van der Waals surface area contributed by atoms with Crippen LogP contribution in [0, 0.1) is 6.42 Å². The lowest BCUT2D eigenvalue weighted by Gasteiger charge is -2.12. The molecule has 1 N–H and O–H groups in total. The summed E-state index contributed by atoms with van der Waals surface area (Å²) in [5.74, 6) is 0.633. The normalized spacial score (nSPS) is 11.6. The molecular formula is C26H25BrN5. The number of nitrogens with one attached hydrogen (secondary N) is 1. The number of para-hydroxylation sites is 1. The van der Waals surface area contributed by atoms with E-state index >= 15 is 0 Å². The molecule has 2 aromatic heterocycles. The van der Waals surface area contributed by atoms with E-state index in [4.69, 9.17) is 0 Å². The van der Waals surface area contributed by atoms with Gasteiger partial charge in [0.05, 0.1) is 12.1 Å². The summed E-state index contributed by atoms with van der Waals surface area (Å²) in [5.41, 5.74) is 6.36. The van der Waals surface area contributed by atoms with Gasteiger partial charge >= 0.3 is 0 Å². The highest BCUT2D eigenvalue weighted by atomic mass is 79.9. The first-order valence-corrected chi connectivity index (χ1v) is 11.8. The lowest BCUT2D eigenvalue weighted by Crippen LogP contribution is -1.96. The Labute approximate surface area is 196 Å². The molecule has 0 fully saturated rings. The van der Waals surface area contributed by atoms with Gasteiger partial charge in [-0.2, -0.15) is 0 Å². The zero-order valence-electron chi connectivity index (χ0n) is 18.3. The topological polar surface area (TPSA) is 59.4 Å². The highest BCUT2D eigenvalue weighted by Crippen LogP contribution is 2.37. The zero-order valence-corrected chi connectivity index (χ0v) is 19.9. The van der Waals surface area contributed by atoms with Crippen molar-refractivity contribution in [2.24, 2.45) is 7.05 Å². The van der Waals surface area contributed by atoms with Crippen molar-refractivity contribution in [3.05, 3.63) is 82.4 Å². The minimum atomic E-state index is 0.633. The minimum Gasteiger partial charge on any atom is -0.343 e. The van der Waals surface area contributed by atoms with Crippen LogP contribution in [0.15, 0.2) is 59.1 Å². The third kappa shape index (κ3) is 3.73. The van der Waals surface area contributed by atoms with Crippen LogP contribution in [0.5, 0.6) is 0 Å². The van der Waals surface area contributed by atoms with Crippen LogP contribution in [-0.4, -0.2) is 25.2 Å². The number of nitrogens with zero attached hydrogens (tertiary/aromatic N) is 4. The summed E-state index contributed by atoms with van der Waals surface area (Å²) in [6, 6.07) is 19.8. The predicted molar refractivity (Wildman–Crippen MR) is 133 cm³/mol. The van der Waals surface area contributed by atoms with E-state index < -0.39 is 0 Å². The summed E-state index contributed by atoms with van der Waals surface area (Å²) < 4.78 is 3.39. The summed E-state index contributed by atoms with van der Waals surface area (Å²) in [7, 11) is 2.19. The Kier molecular flexibility index (Phi) is 5.79. The van der Waals surface area contributed by atoms with Crippen LogP contribution in [0.1, 0.15) is 43.1 Å². The average Bonchev–Trinajstić information content (AvgIpc) is 3.42. The van der Waals surface area contributed by atoms with Gasteiger partial charge in [-0.3, -0.25) is 0 Å². The van der Waals surface area contributed by atoms with Gasteiger partial charge in [-0.05, 0) is 78.8 Å². The Hall–Kier alpha value is -2.99. The molecule has 0 saturated heterocycles. The van der Waals surface area contributed by atoms with Crippen molar-refractivity contribution in [2.45, 2.75) is 32.6 Å². The van der Waals surface area contributed by atoms with Gasteiger partial charge < -0.3 is 4.57 Å².